The quantitative estimate of drug-likeness (QED) is 0.439. The van der Waals surface area contributed by atoms with Crippen LogP contribution in [0.5, 0.6) is 0 Å². The maximum absolute atomic E-state index is 7.57. The summed E-state index contributed by atoms with van der Waals surface area (Å²) < 4.78 is 0. The Morgan fingerprint density at radius 1 is 1.00 bits per heavy atom. The zero-order valence-electron chi connectivity index (χ0n) is 6.19. The van der Waals surface area contributed by atoms with Crippen LogP contribution in [0.15, 0.2) is 0 Å². The average Bonchev–Trinajstić information content (AvgIpc) is 1.75. The zero-order valence-corrected chi connectivity index (χ0v) is 8.50. The van der Waals surface area contributed by atoms with E-state index >= 15 is 0 Å². The predicted octanol–water partition coefficient (Wildman–Crippen LogP) is 0.850. The summed E-state index contributed by atoms with van der Waals surface area (Å²) in [7, 11) is 0. The molecule has 0 aromatic carbocycles. The van der Waals surface area contributed by atoms with Gasteiger partial charge in [-0.05, 0) is 13.8 Å². The van der Waals surface area contributed by atoms with Crippen LogP contribution in [-0.4, -0.2) is 29.8 Å². The summed E-state index contributed by atoms with van der Waals surface area (Å²) in [5.74, 6) is 0. The van der Waals surface area contributed by atoms with Crippen LogP contribution < -0.4 is 0 Å². The van der Waals surface area contributed by atoms with Crippen LogP contribution in [0, 0.1) is 0 Å². The van der Waals surface area contributed by atoms with Crippen LogP contribution in [0.4, 0.5) is 0 Å². The number of hydrogen-bond acceptors (Lipinski definition) is 2. The van der Waals surface area contributed by atoms with Gasteiger partial charge in [0.1, 0.15) is 0 Å². The maximum Gasteiger partial charge on any atom is 0.0402 e. The SMILES string of the molecule is CCO.CCO.CCl.[Ti]. The molecule has 4 heteroatoms. The Balaban J connectivity index is -0.0000000202. The van der Waals surface area contributed by atoms with Gasteiger partial charge >= 0.3 is 0 Å². The fourth-order valence-corrected chi connectivity index (χ4v) is 0. The van der Waals surface area contributed by atoms with Gasteiger partial charge in [-0.2, -0.15) is 0 Å². The molecule has 0 spiro atoms. The van der Waals surface area contributed by atoms with Crippen molar-refractivity contribution in [2.75, 3.05) is 19.6 Å². The van der Waals surface area contributed by atoms with E-state index in [2.05, 4.69) is 11.6 Å². The molecular formula is C5H15ClO2Ti. The van der Waals surface area contributed by atoms with E-state index in [1.807, 2.05) is 0 Å². The molecule has 0 radical (unpaired) electrons. The van der Waals surface area contributed by atoms with Gasteiger partial charge in [-0.3, -0.25) is 0 Å². The molecule has 0 aliphatic carbocycles. The molecule has 0 amide bonds. The maximum atomic E-state index is 7.57. The van der Waals surface area contributed by atoms with Crippen molar-refractivity contribution in [1.29, 1.82) is 0 Å². The summed E-state index contributed by atoms with van der Waals surface area (Å²) in [6.45, 7) is 3.86. The molecule has 0 aromatic heterocycles. The van der Waals surface area contributed by atoms with Crippen LogP contribution in [0.1, 0.15) is 13.8 Å². The number of aliphatic hydroxyl groups is 2. The van der Waals surface area contributed by atoms with Gasteiger partial charge in [0.05, 0.1) is 0 Å². The van der Waals surface area contributed by atoms with Gasteiger partial charge in [-0.1, -0.05) is 0 Å². The number of aliphatic hydroxyl groups excluding tert-OH is 2. The Bertz CT molecular complexity index is 16.9. The molecule has 0 atom stereocenters. The first kappa shape index (κ1) is 22.5. The van der Waals surface area contributed by atoms with E-state index in [1.165, 1.54) is 6.38 Å². The van der Waals surface area contributed by atoms with Crippen molar-refractivity contribution in [3.63, 3.8) is 0 Å². The Morgan fingerprint density at radius 3 is 1.00 bits per heavy atom. The average molecular weight is 190 g/mol. The second-order valence-electron chi connectivity index (χ2n) is 0.632. The van der Waals surface area contributed by atoms with Gasteiger partial charge < -0.3 is 10.2 Å². The van der Waals surface area contributed by atoms with E-state index in [-0.39, 0.29) is 34.9 Å². The summed E-state index contributed by atoms with van der Waals surface area (Å²) in [5.41, 5.74) is 0. The smallest absolute Gasteiger partial charge is 0.0402 e. The zero-order chi connectivity index (χ0) is 7.41. The van der Waals surface area contributed by atoms with Crippen molar-refractivity contribution in [3.05, 3.63) is 0 Å². The minimum absolute atomic E-state index is 0. The molecule has 0 aliphatic rings. The minimum atomic E-state index is 0. The molecule has 9 heavy (non-hydrogen) atoms. The van der Waals surface area contributed by atoms with Crippen molar-refractivity contribution < 1.29 is 31.9 Å². The van der Waals surface area contributed by atoms with Gasteiger partial charge in [0.15, 0.2) is 0 Å². The van der Waals surface area contributed by atoms with Crippen molar-refractivity contribution in [1.82, 2.24) is 0 Å². The first-order chi connectivity index (χ1) is 3.83. The first-order valence-electron chi connectivity index (χ1n) is 2.42. The second-order valence-corrected chi connectivity index (χ2v) is 0.632. The molecule has 0 aliphatic heterocycles. The molecule has 0 saturated carbocycles. The monoisotopic (exact) mass is 190 g/mol. The molecule has 58 valence electrons. The molecular weight excluding hydrogens is 175 g/mol. The van der Waals surface area contributed by atoms with Crippen molar-refractivity contribution in [3.8, 4) is 0 Å². The molecule has 0 heterocycles. The summed E-state index contributed by atoms with van der Waals surface area (Å²) in [5, 5.41) is 15.1. The Labute approximate surface area is 77.1 Å². The molecule has 0 fully saturated rings. The van der Waals surface area contributed by atoms with Gasteiger partial charge in [0.2, 0.25) is 0 Å². The molecule has 0 unspecified atom stereocenters. The normalized spacial score (nSPS) is 4.67. The Hall–Kier alpha value is 0.924. The largest absolute Gasteiger partial charge is 0.397 e. The molecule has 0 aromatic rings. The summed E-state index contributed by atoms with van der Waals surface area (Å²) >= 11 is 4.64. The summed E-state index contributed by atoms with van der Waals surface area (Å²) in [6, 6.07) is 0. The number of halogens is 1. The van der Waals surface area contributed by atoms with Gasteiger partial charge in [-0.15, -0.1) is 11.6 Å². The Kier molecular flexibility index (Phi) is 164. The van der Waals surface area contributed by atoms with Crippen molar-refractivity contribution >= 4 is 11.6 Å². The number of hydrogen-bond donors (Lipinski definition) is 2. The third kappa shape index (κ3) is 501. The van der Waals surface area contributed by atoms with E-state index in [0.29, 0.717) is 0 Å². The van der Waals surface area contributed by atoms with Crippen LogP contribution in [-0.2, 0) is 21.7 Å². The van der Waals surface area contributed by atoms with Crippen LogP contribution in [0.25, 0.3) is 0 Å². The van der Waals surface area contributed by atoms with E-state index in [4.69, 9.17) is 10.2 Å². The van der Waals surface area contributed by atoms with Gasteiger partial charge in [0, 0.05) is 41.3 Å². The van der Waals surface area contributed by atoms with Crippen LogP contribution >= 0.6 is 11.6 Å². The van der Waals surface area contributed by atoms with Gasteiger partial charge in [-0.25, -0.2) is 0 Å². The predicted molar refractivity (Wildman–Crippen MR) is 37.3 cm³/mol. The van der Waals surface area contributed by atoms with E-state index < -0.39 is 0 Å². The van der Waals surface area contributed by atoms with E-state index in [1.54, 1.807) is 13.8 Å². The molecule has 2 nitrogen and oxygen atoms in total. The van der Waals surface area contributed by atoms with E-state index in [9.17, 15) is 0 Å². The van der Waals surface area contributed by atoms with Crippen molar-refractivity contribution in [2.24, 2.45) is 0 Å². The van der Waals surface area contributed by atoms with Gasteiger partial charge in [0.25, 0.3) is 0 Å². The molecule has 0 rings (SSSR count). The fourth-order valence-electron chi connectivity index (χ4n) is 0. The third-order valence-corrected chi connectivity index (χ3v) is 0. The number of alkyl halides is 1. The molecule has 0 bridgehead atoms. The standard InChI is InChI=1S/2C2H6O.CH3Cl.Ti/c2*1-2-3;1-2;/h2*3H,2H2,1H3;1H3;. The van der Waals surface area contributed by atoms with Crippen molar-refractivity contribution in [2.45, 2.75) is 13.8 Å². The third-order valence-electron chi connectivity index (χ3n) is 0. The minimum Gasteiger partial charge on any atom is -0.397 e. The molecule has 0 saturated heterocycles. The molecule has 2 N–H and O–H groups in total. The fraction of sp³-hybridized carbons (Fsp3) is 1.00. The number of rotatable bonds is 0. The van der Waals surface area contributed by atoms with E-state index in [0.717, 1.165) is 0 Å². The summed E-state index contributed by atoms with van der Waals surface area (Å²) in [6.07, 6.45) is 1.47. The Morgan fingerprint density at radius 2 is 1.00 bits per heavy atom. The van der Waals surface area contributed by atoms with Crippen LogP contribution in [0.3, 0.4) is 0 Å². The summed E-state index contributed by atoms with van der Waals surface area (Å²) in [4.78, 5) is 0. The topological polar surface area (TPSA) is 40.5 Å². The second kappa shape index (κ2) is 65.5. The first-order valence-corrected chi connectivity index (χ1v) is 3.18. The van der Waals surface area contributed by atoms with Crippen LogP contribution in [0.2, 0.25) is 0 Å².